The lowest BCUT2D eigenvalue weighted by Crippen LogP contribution is -2.39. The molecule has 0 unspecified atom stereocenters. The Morgan fingerprint density at radius 1 is 1.18 bits per heavy atom. The van der Waals surface area contributed by atoms with E-state index >= 15 is 0 Å². The third-order valence-electron chi connectivity index (χ3n) is 2.00. The van der Waals surface area contributed by atoms with Crippen molar-refractivity contribution in [2.45, 2.75) is 26.3 Å². The van der Waals surface area contributed by atoms with Crippen molar-refractivity contribution in [2.75, 3.05) is 6.54 Å². The Morgan fingerprint density at radius 3 is 2.06 bits per heavy atom. The number of rotatable bonds is 3. The molecule has 0 aliphatic heterocycles. The van der Waals surface area contributed by atoms with Crippen molar-refractivity contribution in [2.24, 2.45) is 0 Å². The Hall–Kier alpha value is -1.07. The molecule has 0 heterocycles. The average molecular weight is 304 g/mol. The second-order valence-electron chi connectivity index (χ2n) is 4.76. The van der Waals surface area contributed by atoms with Crippen molar-refractivity contribution < 1.29 is 15.0 Å². The molecule has 4 nitrogen and oxygen atoms in total. The van der Waals surface area contributed by atoms with Gasteiger partial charge >= 0.3 is 0 Å². The Labute approximate surface area is 111 Å². The van der Waals surface area contributed by atoms with Crippen molar-refractivity contribution in [3.63, 3.8) is 0 Å². The maximum atomic E-state index is 11.7. The van der Waals surface area contributed by atoms with Crippen LogP contribution in [0, 0.1) is 0 Å². The standard InChI is InChI=1S/C12H17NO3.BrH/c1-12(2,3)13-7-11(16)8-4-9(14)6-10(15)5-8;/h4-6,13-15H,7H2,1-3H3;1H. The number of phenols is 2. The van der Waals surface area contributed by atoms with Gasteiger partial charge in [-0.25, -0.2) is 0 Å². The molecule has 0 amide bonds. The van der Waals surface area contributed by atoms with Crippen LogP contribution in [-0.4, -0.2) is 28.1 Å². The topological polar surface area (TPSA) is 69.6 Å². The van der Waals surface area contributed by atoms with Crippen LogP contribution < -0.4 is 5.32 Å². The predicted molar refractivity (Wildman–Crippen MR) is 72.2 cm³/mol. The first kappa shape index (κ1) is 15.9. The summed E-state index contributed by atoms with van der Waals surface area (Å²) in [5, 5.41) is 21.5. The van der Waals surface area contributed by atoms with E-state index in [-0.39, 0.29) is 46.3 Å². The highest BCUT2D eigenvalue weighted by atomic mass is 79.9. The summed E-state index contributed by atoms with van der Waals surface area (Å²) in [5.74, 6) is -0.389. The van der Waals surface area contributed by atoms with Crippen LogP contribution in [0.2, 0.25) is 0 Å². The van der Waals surface area contributed by atoms with E-state index in [2.05, 4.69) is 5.32 Å². The zero-order chi connectivity index (χ0) is 12.3. The molecule has 3 N–H and O–H groups in total. The zero-order valence-corrected chi connectivity index (χ0v) is 11.9. The summed E-state index contributed by atoms with van der Waals surface area (Å²) in [6, 6.07) is 3.87. The monoisotopic (exact) mass is 303 g/mol. The molecular formula is C12H18BrNO3. The Bertz CT molecular complexity index is 379. The van der Waals surface area contributed by atoms with E-state index in [1.54, 1.807) is 0 Å². The van der Waals surface area contributed by atoms with Gasteiger partial charge in [0.2, 0.25) is 0 Å². The van der Waals surface area contributed by atoms with E-state index < -0.39 is 0 Å². The average Bonchev–Trinajstić information content (AvgIpc) is 2.11. The molecule has 17 heavy (non-hydrogen) atoms. The van der Waals surface area contributed by atoms with Gasteiger partial charge < -0.3 is 15.5 Å². The van der Waals surface area contributed by atoms with Crippen molar-refractivity contribution >= 4 is 22.8 Å². The van der Waals surface area contributed by atoms with Crippen LogP contribution in [0.25, 0.3) is 0 Å². The van der Waals surface area contributed by atoms with Crippen molar-refractivity contribution in [1.29, 1.82) is 0 Å². The predicted octanol–water partition coefficient (Wildman–Crippen LogP) is 2.25. The Kier molecular flexibility index (Phi) is 5.64. The van der Waals surface area contributed by atoms with Gasteiger partial charge in [-0.2, -0.15) is 0 Å². The number of carbonyl (C=O) groups excluding carboxylic acids is 1. The second-order valence-corrected chi connectivity index (χ2v) is 4.76. The van der Waals surface area contributed by atoms with Crippen molar-refractivity contribution in [1.82, 2.24) is 5.32 Å². The molecule has 96 valence electrons. The fourth-order valence-electron chi connectivity index (χ4n) is 1.20. The van der Waals surface area contributed by atoms with E-state index in [1.807, 2.05) is 20.8 Å². The molecule has 0 spiro atoms. The minimum absolute atomic E-state index is 0. The zero-order valence-electron chi connectivity index (χ0n) is 10.2. The fourth-order valence-corrected chi connectivity index (χ4v) is 1.20. The minimum Gasteiger partial charge on any atom is -0.508 e. The number of carbonyl (C=O) groups is 1. The Balaban J connectivity index is 0.00000256. The van der Waals surface area contributed by atoms with E-state index in [0.717, 1.165) is 0 Å². The Morgan fingerprint density at radius 2 is 1.65 bits per heavy atom. The summed E-state index contributed by atoms with van der Waals surface area (Å²) in [6.45, 7) is 6.05. The number of hydrogen-bond donors (Lipinski definition) is 3. The number of phenolic OH excluding ortho intramolecular Hbond substituents is 2. The first-order valence-electron chi connectivity index (χ1n) is 5.09. The molecule has 0 aromatic heterocycles. The number of ketones is 1. The molecule has 0 aliphatic rings. The van der Waals surface area contributed by atoms with Gasteiger partial charge in [-0.3, -0.25) is 4.79 Å². The highest BCUT2D eigenvalue weighted by Crippen LogP contribution is 2.20. The van der Waals surface area contributed by atoms with E-state index in [1.165, 1.54) is 18.2 Å². The molecule has 5 heteroatoms. The van der Waals surface area contributed by atoms with Gasteiger partial charge in [-0.15, -0.1) is 17.0 Å². The lowest BCUT2D eigenvalue weighted by Gasteiger charge is -2.19. The summed E-state index contributed by atoms with van der Waals surface area (Å²) in [4.78, 5) is 11.7. The van der Waals surface area contributed by atoms with E-state index in [0.29, 0.717) is 5.56 Å². The number of aromatic hydroxyl groups is 2. The smallest absolute Gasteiger partial charge is 0.176 e. The lowest BCUT2D eigenvalue weighted by atomic mass is 10.1. The normalized spacial score (nSPS) is 10.8. The second kappa shape index (κ2) is 6.02. The van der Waals surface area contributed by atoms with Gasteiger partial charge in [0.15, 0.2) is 5.78 Å². The quantitative estimate of drug-likeness (QED) is 0.749. The highest BCUT2D eigenvalue weighted by Gasteiger charge is 2.13. The van der Waals surface area contributed by atoms with Crippen molar-refractivity contribution in [3.05, 3.63) is 23.8 Å². The van der Waals surface area contributed by atoms with Crippen LogP contribution in [0.3, 0.4) is 0 Å². The van der Waals surface area contributed by atoms with E-state index in [4.69, 9.17) is 0 Å². The molecule has 1 rings (SSSR count). The van der Waals surface area contributed by atoms with Gasteiger partial charge in [0.25, 0.3) is 0 Å². The number of Topliss-reactive ketones (excluding diaryl/α,β-unsaturated/α-hetero) is 1. The van der Waals surface area contributed by atoms with Crippen LogP contribution in [0.5, 0.6) is 11.5 Å². The highest BCUT2D eigenvalue weighted by molar-refractivity contribution is 8.93. The molecule has 0 atom stereocenters. The maximum Gasteiger partial charge on any atom is 0.176 e. The van der Waals surface area contributed by atoms with Crippen LogP contribution >= 0.6 is 17.0 Å². The molecular weight excluding hydrogens is 286 g/mol. The fraction of sp³-hybridized carbons (Fsp3) is 0.417. The SMILES string of the molecule is Br.CC(C)(C)NCC(=O)c1cc(O)cc(O)c1. The summed E-state index contributed by atoms with van der Waals surface area (Å²) in [6.07, 6.45) is 0. The molecule has 0 bridgehead atoms. The number of benzene rings is 1. The number of hydrogen-bond acceptors (Lipinski definition) is 4. The van der Waals surface area contributed by atoms with Crippen LogP contribution in [0.4, 0.5) is 0 Å². The summed E-state index contributed by atoms with van der Waals surface area (Å²) >= 11 is 0. The van der Waals surface area contributed by atoms with Crippen LogP contribution in [-0.2, 0) is 0 Å². The summed E-state index contributed by atoms with van der Waals surface area (Å²) in [7, 11) is 0. The third kappa shape index (κ3) is 5.70. The number of halogens is 1. The first-order chi connectivity index (χ1) is 7.28. The lowest BCUT2D eigenvalue weighted by molar-refractivity contribution is 0.0981. The summed E-state index contributed by atoms with van der Waals surface area (Å²) in [5.41, 5.74) is 0.156. The largest absolute Gasteiger partial charge is 0.508 e. The van der Waals surface area contributed by atoms with Gasteiger partial charge in [-0.05, 0) is 32.9 Å². The molecule has 0 radical (unpaired) electrons. The minimum atomic E-state index is -0.166. The van der Waals surface area contributed by atoms with Crippen LogP contribution in [0.1, 0.15) is 31.1 Å². The van der Waals surface area contributed by atoms with Crippen molar-refractivity contribution in [3.8, 4) is 11.5 Å². The molecule has 1 aromatic carbocycles. The van der Waals surface area contributed by atoms with Crippen LogP contribution in [0.15, 0.2) is 18.2 Å². The van der Waals surface area contributed by atoms with Gasteiger partial charge in [-0.1, -0.05) is 0 Å². The molecule has 0 saturated heterocycles. The summed E-state index contributed by atoms with van der Waals surface area (Å²) < 4.78 is 0. The van der Waals surface area contributed by atoms with Gasteiger partial charge in [0, 0.05) is 17.2 Å². The molecule has 0 saturated carbocycles. The molecule has 0 fully saturated rings. The van der Waals surface area contributed by atoms with Gasteiger partial charge in [0.1, 0.15) is 11.5 Å². The molecule has 0 aliphatic carbocycles. The molecule has 1 aromatic rings. The van der Waals surface area contributed by atoms with Gasteiger partial charge in [0.05, 0.1) is 6.54 Å². The third-order valence-corrected chi connectivity index (χ3v) is 2.00. The number of nitrogens with one attached hydrogen (secondary N) is 1. The maximum absolute atomic E-state index is 11.7. The van der Waals surface area contributed by atoms with E-state index in [9.17, 15) is 15.0 Å². The first-order valence-corrected chi connectivity index (χ1v) is 5.09.